The fourth-order valence-corrected chi connectivity index (χ4v) is 2.69. The van der Waals surface area contributed by atoms with Gasteiger partial charge in [-0.25, -0.2) is 0 Å². The molecule has 5 nitrogen and oxygen atoms in total. The summed E-state index contributed by atoms with van der Waals surface area (Å²) in [5.74, 6) is -0.910. The van der Waals surface area contributed by atoms with E-state index in [0.717, 1.165) is 11.3 Å². The number of nitrogens with one attached hydrogen (secondary N) is 1. The van der Waals surface area contributed by atoms with Crippen LogP contribution in [-0.4, -0.2) is 32.9 Å². The number of amides is 2. The molecule has 120 valence electrons. The predicted octanol–water partition coefficient (Wildman–Crippen LogP) is 2.29. The van der Waals surface area contributed by atoms with E-state index in [-0.39, 0.29) is 17.2 Å². The van der Waals surface area contributed by atoms with Crippen molar-refractivity contribution in [3.8, 4) is 5.69 Å². The summed E-state index contributed by atoms with van der Waals surface area (Å²) in [5, 5.41) is 2.63. The van der Waals surface area contributed by atoms with Gasteiger partial charge in [0, 0.05) is 24.6 Å². The van der Waals surface area contributed by atoms with Crippen LogP contribution in [0.15, 0.2) is 67.0 Å². The smallest absolute Gasteiger partial charge is 0.265 e. The summed E-state index contributed by atoms with van der Waals surface area (Å²) in [5.41, 5.74) is 1.75. The molecule has 0 unspecified atom stereocenters. The molecule has 1 aromatic heterocycles. The quantitative estimate of drug-likeness (QED) is 0.403. The number of benzene rings is 1. The number of hydrogen-bond donors (Lipinski definition) is 1. The Balaban J connectivity index is 1.96. The fourth-order valence-electron chi connectivity index (χ4n) is 2.44. The summed E-state index contributed by atoms with van der Waals surface area (Å²) in [6, 6.07) is 11.4. The SMILES string of the molecule is C=CCN1C(=O)C(=Cc2cccc(-n3cccc3)c2)C(=O)NC1=S. The lowest BCUT2D eigenvalue weighted by atomic mass is 10.1. The van der Waals surface area contributed by atoms with Gasteiger partial charge < -0.3 is 4.57 Å². The minimum absolute atomic E-state index is 0.0510. The summed E-state index contributed by atoms with van der Waals surface area (Å²) in [6.45, 7) is 3.85. The molecule has 0 saturated carbocycles. The molecule has 1 fully saturated rings. The molecule has 1 aromatic carbocycles. The molecule has 1 N–H and O–H groups in total. The van der Waals surface area contributed by atoms with E-state index in [2.05, 4.69) is 11.9 Å². The van der Waals surface area contributed by atoms with E-state index >= 15 is 0 Å². The van der Waals surface area contributed by atoms with Crippen molar-refractivity contribution >= 4 is 35.2 Å². The van der Waals surface area contributed by atoms with E-state index in [1.54, 1.807) is 12.2 Å². The molecule has 0 spiro atoms. The Hall–Kier alpha value is -2.99. The topological polar surface area (TPSA) is 54.3 Å². The molecule has 2 aromatic rings. The van der Waals surface area contributed by atoms with Crippen LogP contribution < -0.4 is 5.32 Å². The van der Waals surface area contributed by atoms with Gasteiger partial charge >= 0.3 is 0 Å². The average Bonchev–Trinajstić information content (AvgIpc) is 3.10. The van der Waals surface area contributed by atoms with Gasteiger partial charge in [0.2, 0.25) is 0 Å². The maximum atomic E-state index is 12.5. The molecule has 1 aliphatic heterocycles. The van der Waals surface area contributed by atoms with Crippen LogP contribution in [0.5, 0.6) is 0 Å². The van der Waals surface area contributed by atoms with Gasteiger partial charge in [-0.1, -0.05) is 18.2 Å². The van der Waals surface area contributed by atoms with Crippen molar-refractivity contribution in [1.29, 1.82) is 0 Å². The Morgan fingerprint density at radius 3 is 2.62 bits per heavy atom. The molecule has 6 heteroatoms. The second-order valence-corrected chi connectivity index (χ2v) is 5.59. The molecule has 2 heterocycles. The molecule has 0 aliphatic carbocycles. The summed E-state index contributed by atoms with van der Waals surface area (Å²) < 4.78 is 1.95. The maximum absolute atomic E-state index is 12.5. The van der Waals surface area contributed by atoms with Gasteiger partial charge in [0.05, 0.1) is 0 Å². The third-order valence-electron chi connectivity index (χ3n) is 3.58. The van der Waals surface area contributed by atoms with Gasteiger partial charge in [-0.05, 0) is 48.1 Å². The number of nitrogens with zero attached hydrogens (tertiary/aromatic N) is 2. The van der Waals surface area contributed by atoms with Crippen molar-refractivity contribution in [1.82, 2.24) is 14.8 Å². The lowest BCUT2D eigenvalue weighted by Crippen LogP contribution is -2.53. The second kappa shape index (κ2) is 6.64. The van der Waals surface area contributed by atoms with Crippen molar-refractivity contribution in [2.75, 3.05) is 6.54 Å². The van der Waals surface area contributed by atoms with Crippen molar-refractivity contribution in [2.45, 2.75) is 0 Å². The van der Waals surface area contributed by atoms with Crippen molar-refractivity contribution in [3.05, 3.63) is 72.6 Å². The highest BCUT2D eigenvalue weighted by Gasteiger charge is 2.32. The molecule has 24 heavy (non-hydrogen) atoms. The van der Waals surface area contributed by atoms with Crippen LogP contribution in [0.2, 0.25) is 0 Å². The van der Waals surface area contributed by atoms with Crippen molar-refractivity contribution in [3.63, 3.8) is 0 Å². The first-order chi connectivity index (χ1) is 11.6. The lowest BCUT2D eigenvalue weighted by Gasteiger charge is -2.27. The predicted molar refractivity (Wildman–Crippen MR) is 96.4 cm³/mol. The third kappa shape index (κ3) is 3.04. The van der Waals surface area contributed by atoms with Gasteiger partial charge in [-0.15, -0.1) is 6.58 Å². The molecular weight excluding hydrogens is 322 g/mol. The Labute approximate surface area is 144 Å². The van der Waals surface area contributed by atoms with Gasteiger partial charge in [-0.3, -0.25) is 19.8 Å². The van der Waals surface area contributed by atoms with Crippen LogP contribution >= 0.6 is 12.2 Å². The van der Waals surface area contributed by atoms with E-state index < -0.39 is 11.8 Å². The summed E-state index contributed by atoms with van der Waals surface area (Å²) in [7, 11) is 0. The van der Waals surface area contributed by atoms with Crippen LogP contribution in [0.25, 0.3) is 11.8 Å². The summed E-state index contributed by atoms with van der Waals surface area (Å²) in [4.78, 5) is 26.0. The number of carbonyl (C=O) groups is 2. The van der Waals surface area contributed by atoms with Crippen LogP contribution in [0.4, 0.5) is 0 Å². The summed E-state index contributed by atoms with van der Waals surface area (Å²) >= 11 is 5.03. The first kappa shape index (κ1) is 15.9. The number of rotatable bonds is 4. The Morgan fingerprint density at radius 2 is 1.92 bits per heavy atom. The minimum Gasteiger partial charge on any atom is -0.324 e. The standard InChI is InChI=1S/C18H15N3O2S/c1-2-8-21-17(23)15(16(22)19-18(21)24)12-13-6-5-7-14(11-13)20-9-3-4-10-20/h2-7,9-12H,1,8H2,(H,19,22,24). The van der Waals surface area contributed by atoms with Crippen LogP contribution in [0, 0.1) is 0 Å². The molecular formula is C18H15N3O2S. The van der Waals surface area contributed by atoms with Gasteiger partial charge in [0.1, 0.15) is 5.57 Å². The highest BCUT2D eigenvalue weighted by atomic mass is 32.1. The number of aromatic nitrogens is 1. The van der Waals surface area contributed by atoms with E-state index in [4.69, 9.17) is 12.2 Å². The maximum Gasteiger partial charge on any atom is 0.265 e. The Kier molecular flexibility index (Phi) is 4.39. The van der Waals surface area contributed by atoms with E-state index in [1.165, 1.54) is 4.90 Å². The minimum atomic E-state index is -0.489. The van der Waals surface area contributed by atoms with Crippen LogP contribution in [0.3, 0.4) is 0 Å². The molecule has 1 saturated heterocycles. The third-order valence-corrected chi connectivity index (χ3v) is 3.90. The number of thiocarbonyl (C=S) groups is 1. The first-order valence-electron chi connectivity index (χ1n) is 7.33. The molecule has 0 bridgehead atoms. The van der Waals surface area contributed by atoms with Crippen molar-refractivity contribution < 1.29 is 9.59 Å². The zero-order valence-electron chi connectivity index (χ0n) is 12.8. The van der Waals surface area contributed by atoms with E-state index in [9.17, 15) is 9.59 Å². The first-order valence-corrected chi connectivity index (χ1v) is 7.74. The zero-order valence-corrected chi connectivity index (χ0v) is 13.6. The fraction of sp³-hybridized carbons (Fsp3) is 0.0556. The van der Waals surface area contributed by atoms with E-state index in [1.807, 2.05) is 53.4 Å². The molecule has 3 rings (SSSR count). The lowest BCUT2D eigenvalue weighted by molar-refractivity contribution is -0.128. The average molecular weight is 337 g/mol. The van der Waals surface area contributed by atoms with Crippen LogP contribution in [-0.2, 0) is 9.59 Å². The Morgan fingerprint density at radius 1 is 1.17 bits per heavy atom. The Bertz CT molecular complexity index is 853. The molecule has 2 amide bonds. The largest absolute Gasteiger partial charge is 0.324 e. The zero-order chi connectivity index (χ0) is 17.1. The normalized spacial score (nSPS) is 16.4. The van der Waals surface area contributed by atoms with E-state index in [0.29, 0.717) is 0 Å². The number of hydrogen-bond acceptors (Lipinski definition) is 3. The number of carbonyl (C=O) groups excluding carboxylic acids is 2. The highest BCUT2D eigenvalue weighted by molar-refractivity contribution is 7.80. The van der Waals surface area contributed by atoms with Gasteiger partial charge in [-0.2, -0.15) is 0 Å². The summed E-state index contributed by atoms with van der Waals surface area (Å²) in [6.07, 6.45) is 6.98. The monoisotopic (exact) mass is 337 g/mol. The van der Waals surface area contributed by atoms with Crippen molar-refractivity contribution in [2.24, 2.45) is 0 Å². The second-order valence-electron chi connectivity index (χ2n) is 5.21. The molecule has 0 radical (unpaired) electrons. The molecule has 1 aliphatic rings. The highest BCUT2D eigenvalue weighted by Crippen LogP contribution is 2.17. The van der Waals surface area contributed by atoms with Gasteiger partial charge in [0.15, 0.2) is 5.11 Å². The molecule has 0 atom stereocenters. The van der Waals surface area contributed by atoms with Gasteiger partial charge in [0.25, 0.3) is 11.8 Å². The van der Waals surface area contributed by atoms with Crippen LogP contribution in [0.1, 0.15) is 5.56 Å².